The Balaban J connectivity index is 2.24. The van der Waals surface area contributed by atoms with Gasteiger partial charge in [-0.1, -0.05) is 6.07 Å². The van der Waals surface area contributed by atoms with Crippen LogP contribution in [0.2, 0.25) is 0 Å². The molecular formula is C14H10F2N2O2S. The van der Waals surface area contributed by atoms with E-state index in [4.69, 9.17) is 0 Å². The third kappa shape index (κ3) is 2.40. The molecule has 7 heteroatoms. The third-order valence-corrected chi connectivity index (χ3v) is 4.20. The van der Waals surface area contributed by atoms with Gasteiger partial charge in [0.15, 0.2) is 21.5 Å². The summed E-state index contributed by atoms with van der Waals surface area (Å²) >= 11 is 0. The Morgan fingerprint density at radius 1 is 1.10 bits per heavy atom. The summed E-state index contributed by atoms with van der Waals surface area (Å²) in [5.41, 5.74) is 1.13. The Kier molecular flexibility index (Phi) is 3.02. The number of hydrogen-bond donors (Lipinski definition) is 1. The highest BCUT2D eigenvalue weighted by Gasteiger charge is 2.16. The average molecular weight is 308 g/mol. The molecule has 3 aromatic rings. The Morgan fingerprint density at radius 3 is 2.52 bits per heavy atom. The van der Waals surface area contributed by atoms with Crippen LogP contribution in [-0.4, -0.2) is 24.6 Å². The second-order valence-corrected chi connectivity index (χ2v) is 6.62. The lowest BCUT2D eigenvalue weighted by atomic mass is 10.2. The quantitative estimate of drug-likeness (QED) is 0.792. The largest absolute Gasteiger partial charge is 0.338 e. The van der Waals surface area contributed by atoms with Crippen LogP contribution in [0.1, 0.15) is 0 Å². The van der Waals surface area contributed by atoms with Crippen molar-refractivity contribution in [1.29, 1.82) is 0 Å². The molecule has 4 nitrogen and oxygen atoms in total. The van der Waals surface area contributed by atoms with Crippen molar-refractivity contribution in [3.05, 3.63) is 48.0 Å². The molecule has 0 aliphatic carbocycles. The maximum Gasteiger partial charge on any atom is 0.177 e. The maximum absolute atomic E-state index is 13.3. The summed E-state index contributed by atoms with van der Waals surface area (Å²) in [4.78, 5) is 7.19. The normalized spacial score (nSPS) is 12.0. The standard InChI is InChI=1S/C14H10F2N2O2S/c1-21(19,20)12-4-2-3-11-13(12)18-14(17-11)8-5-6-9(15)10(16)7-8/h2-7H,1H3,(H,17,18). The highest BCUT2D eigenvalue weighted by atomic mass is 32.2. The van der Waals surface area contributed by atoms with Crippen molar-refractivity contribution in [2.75, 3.05) is 6.26 Å². The van der Waals surface area contributed by atoms with Gasteiger partial charge < -0.3 is 4.98 Å². The summed E-state index contributed by atoms with van der Waals surface area (Å²) in [7, 11) is -3.43. The number of aromatic nitrogens is 2. The molecule has 108 valence electrons. The van der Waals surface area contributed by atoms with E-state index in [2.05, 4.69) is 9.97 Å². The van der Waals surface area contributed by atoms with E-state index in [0.29, 0.717) is 11.1 Å². The van der Waals surface area contributed by atoms with E-state index in [9.17, 15) is 17.2 Å². The molecule has 0 atom stereocenters. The zero-order valence-electron chi connectivity index (χ0n) is 10.9. The lowest BCUT2D eigenvalue weighted by Gasteiger charge is -1.98. The van der Waals surface area contributed by atoms with E-state index in [0.717, 1.165) is 18.4 Å². The Morgan fingerprint density at radius 2 is 1.86 bits per heavy atom. The van der Waals surface area contributed by atoms with Gasteiger partial charge in [0.1, 0.15) is 11.3 Å². The lowest BCUT2D eigenvalue weighted by molar-refractivity contribution is 0.509. The molecule has 0 amide bonds. The molecular weight excluding hydrogens is 298 g/mol. The van der Waals surface area contributed by atoms with Gasteiger partial charge in [-0.05, 0) is 30.3 Å². The summed E-state index contributed by atoms with van der Waals surface area (Å²) in [5, 5.41) is 0. The monoisotopic (exact) mass is 308 g/mol. The fourth-order valence-electron chi connectivity index (χ4n) is 2.09. The summed E-state index contributed by atoms with van der Waals surface area (Å²) in [6, 6.07) is 8.08. The van der Waals surface area contributed by atoms with Gasteiger partial charge in [-0.15, -0.1) is 0 Å². The van der Waals surface area contributed by atoms with Crippen molar-refractivity contribution in [1.82, 2.24) is 9.97 Å². The molecule has 0 spiro atoms. The number of H-pyrrole nitrogens is 1. The van der Waals surface area contributed by atoms with E-state index >= 15 is 0 Å². The number of sulfone groups is 1. The van der Waals surface area contributed by atoms with Crippen molar-refractivity contribution in [2.45, 2.75) is 4.90 Å². The molecule has 3 rings (SSSR count). The van der Waals surface area contributed by atoms with E-state index in [1.807, 2.05) is 0 Å². The van der Waals surface area contributed by atoms with E-state index in [1.54, 1.807) is 12.1 Å². The molecule has 0 bridgehead atoms. The van der Waals surface area contributed by atoms with Crippen molar-refractivity contribution < 1.29 is 17.2 Å². The predicted molar refractivity (Wildman–Crippen MR) is 74.6 cm³/mol. The molecule has 0 saturated carbocycles. The van der Waals surface area contributed by atoms with E-state index < -0.39 is 21.5 Å². The summed E-state index contributed by atoms with van der Waals surface area (Å²) in [6.07, 6.45) is 1.09. The zero-order valence-corrected chi connectivity index (χ0v) is 11.7. The minimum absolute atomic E-state index is 0.0880. The van der Waals surface area contributed by atoms with Gasteiger partial charge in [-0.25, -0.2) is 22.2 Å². The fraction of sp³-hybridized carbons (Fsp3) is 0.0714. The van der Waals surface area contributed by atoms with Crippen molar-refractivity contribution in [3.8, 4) is 11.4 Å². The second-order valence-electron chi connectivity index (χ2n) is 4.64. The number of imidazole rings is 1. The van der Waals surface area contributed by atoms with Crippen LogP contribution in [-0.2, 0) is 9.84 Å². The van der Waals surface area contributed by atoms with E-state index in [-0.39, 0.29) is 16.2 Å². The minimum Gasteiger partial charge on any atom is -0.338 e. The number of fused-ring (bicyclic) bond motifs is 1. The number of aromatic amines is 1. The number of nitrogens with zero attached hydrogens (tertiary/aromatic N) is 1. The summed E-state index contributed by atoms with van der Waals surface area (Å²) < 4.78 is 49.7. The molecule has 2 aromatic carbocycles. The van der Waals surface area contributed by atoms with Gasteiger partial charge in [0, 0.05) is 11.8 Å². The molecule has 0 aliphatic heterocycles. The van der Waals surface area contributed by atoms with Crippen molar-refractivity contribution >= 4 is 20.9 Å². The number of hydrogen-bond acceptors (Lipinski definition) is 3. The number of nitrogens with one attached hydrogen (secondary N) is 1. The first-order valence-corrected chi connectivity index (χ1v) is 7.89. The number of para-hydroxylation sites is 1. The van der Waals surface area contributed by atoms with Crippen molar-refractivity contribution in [2.24, 2.45) is 0 Å². The zero-order chi connectivity index (χ0) is 15.2. The second kappa shape index (κ2) is 4.63. The lowest BCUT2D eigenvalue weighted by Crippen LogP contribution is -1.97. The fourth-order valence-corrected chi connectivity index (χ4v) is 2.92. The van der Waals surface area contributed by atoms with Crippen LogP contribution in [0, 0.1) is 11.6 Å². The number of halogens is 2. The Labute approximate surface area is 119 Å². The van der Waals surface area contributed by atoms with Gasteiger partial charge in [0.2, 0.25) is 0 Å². The predicted octanol–water partition coefficient (Wildman–Crippen LogP) is 2.91. The first kappa shape index (κ1) is 13.7. The maximum atomic E-state index is 13.3. The summed E-state index contributed by atoms with van der Waals surface area (Å²) in [5.74, 6) is -1.66. The number of rotatable bonds is 2. The van der Waals surface area contributed by atoms with E-state index in [1.165, 1.54) is 12.1 Å². The third-order valence-electron chi connectivity index (χ3n) is 3.07. The molecule has 0 fully saturated rings. The van der Waals surface area contributed by atoms with Gasteiger partial charge in [0.25, 0.3) is 0 Å². The van der Waals surface area contributed by atoms with Crippen LogP contribution >= 0.6 is 0 Å². The van der Waals surface area contributed by atoms with Crippen molar-refractivity contribution in [3.63, 3.8) is 0 Å². The average Bonchev–Trinajstić information content (AvgIpc) is 2.84. The van der Waals surface area contributed by atoms with Crippen LogP contribution in [0.5, 0.6) is 0 Å². The van der Waals surface area contributed by atoms with Crippen LogP contribution in [0.4, 0.5) is 8.78 Å². The molecule has 1 N–H and O–H groups in total. The number of benzene rings is 2. The van der Waals surface area contributed by atoms with Crippen LogP contribution in [0.15, 0.2) is 41.3 Å². The molecule has 1 aromatic heterocycles. The molecule has 0 aliphatic rings. The Bertz CT molecular complexity index is 949. The molecule has 0 radical (unpaired) electrons. The molecule has 0 saturated heterocycles. The molecule has 21 heavy (non-hydrogen) atoms. The smallest absolute Gasteiger partial charge is 0.177 e. The van der Waals surface area contributed by atoms with Crippen LogP contribution in [0.3, 0.4) is 0 Å². The Hall–Kier alpha value is -2.28. The molecule has 1 heterocycles. The SMILES string of the molecule is CS(=O)(=O)c1cccc2[nH]c(-c3ccc(F)c(F)c3)nc12. The molecule has 0 unspecified atom stereocenters. The summed E-state index contributed by atoms with van der Waals surface area (Å²) in [6.45, 7) is 0. The van der Waals surface area contributed by atoms with Crippen LogP contribution in [0.25, 0.3) is 22.4 Å². The van der Waals surface area contributed by atoms with Gasteiger partial charge in [-0.3, -0.25) is 0 Å². The topological polar surface area (TPSA) is 62.8 Å². The first-order valence-electron chi connectivity index (χ1n) is 6.00. The van der Waals surface area contributed by atoms with Gasteiger partial charge in [0.05, 0.1) is 10.4 Å². The van der Waals surface area contributed by atoms with Gasteiger partial charge >= 0.3 is 0 Å². The highest BCUT2D eigenvalue weighted by Crippen LogP contribution is 2.26. The highest BCUT2D eigenvalue weighted by molar-refractivity contribution is 7.91. The van der Waals surface area contributed by atoms with Crippen LogP contribution < -0.4 is 0 Å². The first-order chi connectivity index (χ1) is 9.86. The minimum atomic E-state index is -3.43. The van der Waals surface area contributed by atoms with Gasteiger partial charge in [-0.2, -0.15) is 0 Å².